The van der Waals surface area contributed by atoms with Gasteiger partial charge in [-0.3, -0.25) is 4.79 Å². The summed E-state index contributed by atoms with van der Waals surface area (Å²) in [6.45, 7) is 3.44. The molecule has 0 bridgehead atoms. The fraction of sp³-hybridized carbons (Fsp3) is 0.875. The van der Waals surface area contributed by atoms with E-state index in [9.17, 15) is 14.7 Å². The Hall–Kier alpha value is -1.30. The van der Waals surface area contributed by atoms with Crippen LogP contribution < -0.4 is 5.32 Å². The first-order chi connectivity index (χ1) is 10.4. The highest BCUT2D eigenvalue weighted by atomic mass is 16.3. The van der Waals surface area contributed by atoms with Gasteiger partial charge in [-0.15, -0.1) is 0 Å². The molecule has 0 aromatic rings. The van der Waals surface area contributed by atoms with Crippen LogP contribution in [0.5, 0.6) is 0 Å². The van der Waals surface area contributed by atoms with Gasteiger partial charge in [-0.1, -0.05) is 13.3 Å². The lowest BCUT2D eigenvalue weighted by molar-refractivity contribution is -0.127. The number of nitrogens with one attached hydrogen (secondary N) is 1. The van der Waals surface area contributed by atoms with E-state index in [2.05, 4.69) is 5.32 Å². The number of likely N-dealkylation sites (tertiary alicyclic amines) is 1. The van der Waals surface area contributed by atoms with Gasteiger partial charge in [0.15, 0.2) is 0 Å². The lowest BCUT2D eigenvalue weighted by Crippen LogP contribution is -2.50. The summed E-state index contributed by atoms with van der Waals surface area (Å²) in [5.41, 5.74) is -0.183. The molecule has 2 aliphatic rings. The molecular weight excluding hydrogens is 282 g/mol. The molecule has 22 heavy (non-hydrogen) atoms. The summed E-state index contributed by atoms with van der Waals surface area (Å²) in [5, 5.41) is 12.7. The lowest BCUT2D eigenvalue weighted by atomic mass is 9.85. The van der Waals surface area contributed by atoms with Gasteiger partial charge in [-0.05, 0) is 25.7 Å². The zero-order chi connectivity index (χ0) is 16.3. The van der Waals surface area contributed by atoms with Crippen LogP contribution in [0.4, 0.5) is 4.79 Å². The first-order valence-corrected chi connectivity index (χ1v) is 8.25. The monoisotopic (exact) mass is 311 g/mol. The molecule has 2 rings (SSSR count). The minimum atomic E-state index is -0.183. The zero-order valence-electron chi connectivity index (χ0n) is 14.0. The van der Waals surface area contributed by atoms with Crippen LogP contribution in [0.3, 0.4) is 0 Å². The Balaban J connectivity index is 1.84. The number of piperidine rings is 1. The van der Waals surface area contributed by atoms with Gasteiger partial charge in [-0.25, -0.2) is 4.79 Å². The molecule has 1 aliphatic heterocycles. The summed E-state index contributed by atoms with van der Waals surface area (Å²) in [6.07, 6.45) is 4.39. The third-order valence-electron chi connectivity index (χ3n) is 5.28. The smallest absolute Gasteiger partial charge is 0.319 e. The van der Waals surface area contributed by atoms with Crippen LogP contribution in [0.25, 0.3) is 0 Å². The van der Waals surface area contributed by atoms with E-state index in [0.717, 1.165) is 19.3 Å². The highest BCUT2D eigenvalue weighted by Crippen LogP contribution is 2.37. The Bertz CT molecular complexity index is 419. The van der Waals surface area contributed by atoms with Crippen LogP contribution in [0.15, 0.2) is 0 Å². The number of amides is 3. The molecule has 126 valence electrons. The van der Waals surface area contributed by atoms with Crippen LogP contribution >= 0.6 is 0 Å². The number of aliphatic hydroxyl groups excluding tert-OH is 1. The second-order valence-corrected chi connectivity index (χ2v) is 7.20. The Kier molecular flexibility index (Phi) is 5.32. The molecule has 0 aromatic carbocycles. The fourth-order valence-electron chi connectivity index (χ4n) is 3.57. The molecule has 3 amide bonds. The number of nitrogens with zero attached hydrogens (tertiary/aromatic N) is 2. The molecular formula is C16H29N3O3. The van der Waals surface area contributed by atoms with Crippen LogP contribution in [0.2, 0.25) is 0 Å². The molecule has 6 nitrogen and oxygen atoms in total. The zero-order valence-corrected chi connectivity index (χ0v) is 14.0. The van der Waals surface area contributed by atoms with Crippen molar-refractivity contribution >= 4 is 11.9 Å². The Morgan fingerprint density at radius 2 is 1.91 bits per heavy atom. The van der Waals surface area contributed by atoms with Gasteiger partial charge in [0.1, 0.15) is 0 Å². The van der Waals surface area contributed by atoms with Crippen LogP contribution in [0.1, 0.15) is 39.0 Å². The quantitative estimate of drug-likeness (QED) is 0.818. The molecule has 0 radical (unpaired) electrons. The second-order valence-electron chi connectivity index (χ2n) is 7.20. The van der Waals surface area contributed by atoms with Crippen molar-refractivity contribution in [2.45, 2.75) is 45.1 Å². The molecule has 1 saturated carbocycles. The summed E-state index contributed by atoms with van der Waals surface area (Å²) in [6, 6.07) is 0.0916. The third-order valence-corrected chi connectivity index (χ3v) is 5.28. The number of hydrogen-bond donors (Lipinski definition) is 2. The molecule has 2 fully saturated rings. The maximum atomic E-state index is 12.5. The summed E-state index contributed by atoms with van der Waals surface area (Å²) in [4.78, 5) is 27.7. The average Bonchev–Trinajstić information content (AvgIpc) is 2.88. The van der Waals surface area contributed by atoms with Crippen molar-refractivity contribution in [2.24, 2.45) is 11.3 Å². The molecule has 1 aliphatic carbocycles. The lowest BCUT2D eigenvalue weighted by Gasteiger charge is -2.35. The van der Waals surface area contributed by atoms with Crippen LogP contribution in [0, 0.1) is 11.3 Å². The van der Waals surface area contributed by atoms with Crippen molar-refractivity contribution in [3.8, 4) is 0 Å². The first-order valence-electron chi connectivity index (χ1n) is 8.25. The van der Waals surface area contributed by atoms with Crippen LogP contribution in [-0.4, -0.2) is 66.7 Å². The van der Waals surface area contributed by atoms with Gasteiger partial charge >= 0.3 is 6.03 Å². The highest BCUT2D eigenvalue weighted by Gasteiger charge is 2.40. The third kappa shape index (κ3) is 3.54. The van der Waals surface area contributed by atoms with Gasteiger partial charge < -0.3 is 20.2 Å². The van der Waals surface area contributed by atoms with E-state index in [0.29, 0.717) is 25.9 Å². The molecule has 2 N–H and O–H groups in total. The van der Waals surface area contributed by atoms with Crippen molar-refractivity contribution in [3.63, 3.8) is 0 Å². The Labute approximate surface area is 132 Å². The van der Waals surface area contributed by atoms with E-state index in [4.69, 9.17) is 0 Å². The standard InChI is InChI=1S/C16H29N3O3/c1-16(11-20)8-4-5-13(16)17-14(21)12-6-9-19(10-7-12)15(22)18(2)3/h12-13,20H,4-11H2,1-3H3,(H,17,21)/t13-,16-/m0/s1. The van der Waals surface area contributed by atoms with Crippen molar-refractivity contribution < 1.29 is 14.7 Å². The topological polar surface area (TPSA) is 72.9 Å². The maximum Gasteiger partial charge on any atom is 0.319 e. The number of hydrogen-bond acceptors (Lipinski definition) is 3. The number of carbonyl (C=O) groups excluding carboxylic acids is 2. The normalized spacial score (nSPS) is 29.5. The van der Waals surface area contributed by atoms with Crippen molar-refractivity contribution in [1.82, 2.24) is 15.1 Å². The molecule has 0 unspecified atom stereocenters. The Morgan fingerprint density at radius 1 is 1.27 bits per heavy atom. The molecule has 2 atom stereocenters. The van der Waals surface area contributed by atoms with Crippen LogP contribution in [-0.2, 0) is 4.79 Å². The number of aliphatic hydroxyl groups is 1. The number of urea groups is 1. The molecule has 0 aromatic heterocycles. The predicted molar refractivity (Wildman–Crippen MR) is 84.4 cm³/mol. The molecule has 1 heterocycles. The minimum Gasteiger partial charge on any atom is -0.396 e. The van der Waals surface area contributed by atoms with E-state index in [1.54, 1.807) is 23.9 Å². The van der Waals surface area contributed by atoms with E-state index in [1.165, 1.54) is 0 Å². The summed E-state index contributed by atoms with van der Waals surface area (Å²) < 4.78 is 0. The molecule has 6 heteroatoms. The van der Waals surface area contributed by atoms with Gasteiger partial charge in [0.25, 0.3) is 0 Å². The molecule has 0 spiro atoms. The summed E-state index contributed by atoms with van der Waals surface area (Å²) >= 11 is 0. The van der Waals surface area contributed by atoms with Gasteiger partial charge in [-0.2, -0.15) is 0 Å². The predicted octanol–water partition coefficient (Wildman–Crippen LogP) is 1.05. The minimum absolute atomic E-state index is 0.0162. The van der Waals surface area contributed by atoms with Gasteiger partial charge in [0.2, 0.25) is 5.91 Å². The van der Waals surface area contributed by atoms with Gasteiger partial charge in [0, 0.05) is 44.6 Å². The van der Waals surface area contributed by atoms with Crippen molar-refractivity contribution in [3.05, 3.63) is 0 Å². The SMILES string of the molecule is CN(C)C(=O)N1CCC(C(=O)N[C@H]2CCC[C@@]2(C)CO)CC1. The summed E-state index contributed by atoms with van der Waals surface area (Å²) in [7, 11) is 3.49. The van der Waals surface area contributed by atoms with E-state index in [1.807, 2.05) is 6.92 Å². The largest absolute Gasteiger partial charge is 0.396 e. The maximum absolute atomic E-state index is 12.5. The first kappa shape index (κ1) is 17.1. The van der Waals surface area contributed by atoms with E-state index < -0.39 is 0 Å². The van der Waals surface area contributed by atoms with E-state index >= 15 is 0 Å². The highest BCUT2D eigenvalue weighted by molar-refractivity contribution is 5.80. The second kappa shape index (κ2) is 6.86. The average molecular weight is 311 g/mol. The molecule has 1 saturated heterocycles. The summed E-state index contributed by atoms with van der Waals surface area (Å²) in [5.74, 6) is 0.0679. The number of carbonyl (C=O) groups is 2. The fourth-order valence-corrected chi connectivity index (χ4v) is 3.57. The number of rotatable bonds is 3. The van der Waals surface area contributed by atoms with E-state index in [-0.39, 0.29) is 35.9 Å². The Morgan fingerprint density at radius 3 is 2.45 bits per heavy atom. The van der Waals surface area contributed by atoms with Crippen molar-refractivity contribution in [1.29, 1.82) is 0 Å². The van der Waals surface area contributed by atoms with Crippen molar-refractivity contribution in [2.75, 3.05) is 33.8 Å². The van der Waals surface area contributed by atoms with Gasteiger partial charge in [0.05, 0.1) is 6.61 Å².